The quantitative estimate of drug-likeness (QED) is 0.667. The fourth-order valence-corrected chi connectivity index (χ4v) is 3.36. The number of hydrogen-bond acceptors (Lipinski definition) is 7. The number of halogens is 2. The largest absolute Gasteiger partial charge is 0.356 e. The summed E-state index contributed by atoms with van der Waals surface area (Å²) < 4.78 is 19.3. The van der Waals surface area contributed by atoms with Gasteiger partial charge in [-0.25, -0.2) is 14.4 Å². The Bertz CT molecular complexity index is 1030. The van der Waals surface area contributed by atoms with Crippen molar-refractivity contribution in [3.63, 3.8) is 0 Å². The van der Waals surface area contributed by atoms with Crippen molar-refractivity contribution in [3.05, 3.63) is 58.9 Å². The van der Waals surface area contributed by atoms with Crippen LogP contribution in [-0.2, 0) is 6.54 Å². The predicted octanol–water partition coefficient (Wildman–Crippen LogP) is 3.12. The van der Waals surface area contributed by atoms with Crippen molar-refractivity contribution < 1.29 is 8.91 Å². The monoisotopic (exact) mass is 398 g/mol. The van der Waals surface area contributed by atoms with E-state index in [2.05, 4.69) is 31.0 Å². The Labute approximate surface area is 166 Å². The third-order valence-corrected chi connectivity index (χ3v) is 4.83. The third kappa shape index (κ3) is 3.81. The number of aromatic nitrogens is 3. The van der Waals surface area contributed by atoms with Crippen molar-refractivity contribution in [1.82, 2.24) is 20.0 Å². The van der Waals surface area contributed by atoms with Gasteiger partial charge in [0.2, 0.25) is 0 Å². The molecule has 0 spiro atoms. The number of benzene rings is 1. The number of rotatable bonds is 4. The number of piperazine rings is 1. The molecule has 0 aliphatic carbocycles. The van der Waals surface area contributed by atoms with E-state index in [0.717, 1.165) is 31.9 Å². The Balaban J connectivity index is 1.40. The molecule has 7 nitrogen and oxygen atoms in total. The molecule has 0 N–H and O–H groups in total. The molecule has 1 aromatic carbocycles. The molecule has 142 valence electrons. The standard InChI is InChI=1S/C19H16ClFN6O/c20-13-1-2-16(21)15(9-13)18-10-14(25-28-18)12-26-5-7-27(8-6-26)19-17(11-22)23-3-4-24-19/h1-4,9-10H,5-8,12H2. The Hall–Kier alpha value is -3.02. The Morgan fingerprint density at radius 1 is 1.14 bits per heavy atom. The van der Waals surface area contributed by atoms with E-state index in [1.165, 1.54) is 24.4 Å². The van der Waals surface area contributed by atoms with Crippen LogP contribution in [0.25, 0.3) is 11.3 Å². The van der Waals surface area contributed by atoms with Crippen LogP contribution in [0, 0.1) is 17.1 Å². The molecule has 1 fully saturated rings. The normalized spacial score (nSPS) is 14.8. The predicted molar refractivity (Wildman–Crippen MR) is 101 cm³/mol. The Morgan fingerprint density at radius 3 is 2.71 bits per heavy atom. The summed E-state index contributed by atoms with van der Waals surface area (Å²) in [5.41, 5.74) is 1.35. The summed E-state index contributed by atoms with van der Waals surface area (Å²) in [6.45, 7) is 3.58. The average molecular weight is 399 g/mol. The van der Waals surface area contributed by atoms with Crippen LogP contribution in [0.4, 0.5) is 10.2 Å². The third-order valence-electron chi connectivity index (χ3n) is 4.60. The first-order chi connectivity index (χ1) is 13.6. The molecule has 0 unspecified atom stereocenters. The van der Waals surface area contributed by atoms with E-state index in [0.29, 0.717) is 34.4 Å². The van der Waals surface area contributed by atoms with Gasteiger partial charge >= 0.3 is 0 Å². The SMILES string of the molecule is N#Cc1nccnc1N1CCN(Cc2cc(-c3cc(Cl)ccc3F)on2)CC1. The minimum absolute atomic E-state index is 0.294. The van der Waals surface area contributed by atoms with Crippen molar-refractivity contribution in [3.8, 4) is 17.4 Å². The highest BCUT2D eigenvalue weighted by Crippen LogP contribution is 2.27. The lowest BCUT2D eigenvalue weighted by molar-refractivity contribution is 0.241. The van der Waals surface area contributed by atoms with Crippen LogP contribution in [0.3, 0.4) is 0 Å². The summed E-state index contributed by atoms with van der Waals surface area (Å²) in [6.07, 6.45) is 3.11. The van der Waals surface area contributed by atoms with Crippen molar-refractivity contribution in [1.29, 1.82) is 5.26 Å². The average Bonchev–Trinajstić information content (AvgIpc) is 3.18. The molecular formula is C19H16ClFN6O. The second-order valence-electron chi connectivity index (χ2n) is 6.41. The summed E-state index contributed by atoms with van der Waals surface area (Å²) >= 11 is 5.94. The van der Waals surface area contributed by atoms with E-state index >= 15 is 0 Å². The first kappa shape index (κ1) is 18.3. The lowest BCUT2D eigenvalue weighted by atomic mass is 10.1. The van der Waals surface area contributed by atoms with Gasteiger partial charge in [-0.1, -0.05) is 16.8 Å². The van der Waals surface area contributed by atoms with Gasteiger partial charge in [-0.05, 0) is 18.2 Å². The maximum atomic E-state index is 14.0. The van der Waals surface area contributed by atoms with Gasteiger partial charge in [-0.3, -0.25) is 4.90 Å². The Kier molecular flexibility index (Phi) is 5.19. The first-order valence-electron chi connectivity index (χ1n) is 8.73. The highest BCUT2D eigenvalue weighted by Gasteiger charge is 2.22. The minimum atomic E-state index is -0.405. The van der Waals surface area contributed by atoms with Crippen LogP contribution >= 0.6 is 11.6 Å². The Morgan fingerprint density at radius 2 is 1.93 bits per heavy atom. The van der Waals surface area contributed by atoms with Crippen molar-refractivity contribution >= 4 is 17.4 Å². The second-order valence-corrected chi connectivity index (χ2v) is 6.85. The fraction of sp³-hybridized carbons (Fsp3) is 0.263. The van der Waals surface area contributed by atoms with Crippen LogP contribution in [0.2, 0.25) is 5.02 Å². The zero-order valence-electron chi connectivity index (χ0n) is 14.8. The van der Waals surface area contributed by atoms with E-state index in [4.69, 9.17) is 16.1 Å². The van der Waals surface area contributed by atoms with E-state index in [9.17, 15) is 9.65 Å². The molecule has 0 saturated carbocycles. The van der Waals surface area contributed by atoms with Crippen molar-refractivity contribution in [2.24, 2.45) is 0 Å². The molecule has 0 bridgehead atoms. The van der Waals surface area contributed by atoms with Gasteiger partial charge in [-0.15, -0.1) is 0 Å². The lowest BCUT2D eigenvalue weighted by Gasteiger charge is -2.34. The topological polar surface area (TPSA) is 82.1 Å². The van der Waals surface area contributed by atoms with Gasteiger partial charge in [0.1, 0.15) is 11.9 Å². The summed E-state index contributed by atoms with van der Waals surface area (Å²) in [4.78, 5) is 12.6. The van der Waals surface area contributed by atoms with Gasteiger partial charge < -0.3 is 9.42 Å². The van der Waals surface area contributed by atoms with Gasteiger partial charge in [0.25, 0.3) is 0 Å². The second kappa shape index (κ2) is 7.92. The maximum Gasteiger partial charge on any atom is 0.183 e. The molecule has 0 amide bonds. The highest BCUT2D eigenvalue weighted by molar-refractivity contribution is 6.30. The van der Waals surface area contributed by atoms with Crippen LogP contribution < -0.4 is 4.90 Å². The first-order valence-corrected chi connectivity index (χ1v) is 9.11. The molecule has 1 saturated heterocycles. The molecule has 3 heterocycles. The summed E-state index contributed by atoms with van der Waals surface area (Å²) in [5.74, 6) is 0.564. The molecule has 0 radical (unpaired) electrons. The summed E-state index contributed by atoms with van der Waals surface area (Å²) in [6, 6.07) is 8.13. The molecule has 1 aliphatic rings. The van der Waals surface area contributed by atoms with Gasteiger partial charge in [0.15, 0.2) is 17.3 Å². The van der Waals surface area contributed by atoms with Crippen LogP contribution in [0.1, 0.15) is 11.4 Å². The summed E-state index contributed by atoms with van der Waals surface area (Å²) in [7, 11) is 0. The van der Waals surface area contributed by atoms with Crippen molar-refractivity contribution in [2.45, 2.75) is 6.54 Å². The molecular weight excluding hydrogens is 383 g/mol. The van der Waals surface area contributed by atoms with Crippen LogP contribution in [0.5, 0.6) is 0 Å². The summed E-state index contributed by atoms with van der Waals surface area (Å²) in [5, 5.41) is 13.7. The molecule has 1 aliphatic heterocycles. The zero-order chi connectivity index (χ0) is 19.5. The van der Waals surface area contributed by atoms with Crippen LogP contribution in [-0.4, -0.2) is 46.2 Å². The smallest absolute Gasteiger partial charge is 0.183 e. The fourth-order valence-electron chi connectivity index (χ4n) is 3.19. The van der Waals surface area contributed by atoms with E-state index in [1.807, 2.05) is 0 Å². The van der Waals surface area contributed by atoms with Crippen LogP contribution in [0.15, 0.2) is 41.2 Å². The highest BCUT2D eigenvalue weighted by atomic mass is 35.5. The molecule has 4 rings (SSSR count). The number of nitriles is 1. The number of hydrogen-bond donors (Lipinski definition) is 0. The van der Waals surface area contributed by atoms with Gasteiger partial charge in [-0.2, -0.15) is 5.26 Å². The lowest BCUT2D eigenvalue weighted by Crippen LogP contribution is -2.46. The molecule has 3 aromatic rings. The van der Waals surface area contributed by atoms with E-state index < -0.39 is 5.82 Å². The van der Waals surface area contributed by atoms with E-state index in [-0.39, 0.29) is 0 Å². The minimum Gasteiger partial charge on any atom is -0.356 e. The maximum absolute atomic E-state index is 14.0. The zero-order valence-corrected chi connectivity index (χ0v) is 15.6. The van der Waals surface area contributed by atoms with Gasteiger partial charge in [0.05, 0.1) is 11.3 Å². The van der Waals surface area contributed by atoms with Gasteiger partial charge in [0, 0.05) is 56.2 Å². The molecule has 0 atom stereocenters. The molecule has 9 heteroatoms. The molecule has 28 heavy (non-hydrogen) atoms. The number of anilines is 1. The molecule has 2 aromatic heterocycles. The number of nitrogens with zero attached hydrogens (tertiary/aromatic N) is 6. The van der Waals surface area contributed by atoms with E-state index in [1.54, 1.807) is 12.3 Å². The van der Waals surface area contributed by atoms with Crippen molar-refractivity contribution in [2.75, 3.05) is 31.1 Å².